The zero-order valence-corrected chi connectivity index (χ0v) is 29.6. The molecule has 7 N–H and O–H groups in total. The Morgan fingerprint density at radius 2 is 1.27 bits per heavy atom. The lowest BCUT2D eigenvalue weighted by Gasteiger charge is -2.22. The molecule has 0 saturated carbocycles. The third-order valence-corrected chi connectivity index (χ3v) is 6.91. The van der Waals surface area contributed by atoms with E-state index in [1.165, 1.54) is 16.6 Å². The SMILES string of the molecule is CC.CCc1ccc(NC(=S)NCCN(CCNC)CC(=O)c2ccc(NC(N)=S)cc2)cc1.CCc1ccc(NC=S)cc1. The van der Waals surface area contributed by atoms with E-state index >= 15 is 0 Å². The van der Waals surface area contributed by atoms with Crippen LogP contribution in [0.15, 0.2) is 72.8 Å². The van der Waals surface area contributed by atoms with E-state index in [4.69, 9.17) is 30.2 Å². The zero-order valence-electron chi connectivity index (χ0n) is 27.1. The molecule has 0 aliphatic carbocycles. The van der Waals surface area contributed by atoms with E-state index in [9.17, 15) is 4.79 Å². The van der Waals surface area contributed by atoms with Gasteiger partial charge in [-0.05, 0) is 104 Å². The number of benzene rings is 3. The van der Waals surface area contributed by atoms with Crippen molar-refractivity contribution in [1.29, 1.82) is 0 Å². The lowest BCUT2D eigenvalue weighted by Crippen LogP contribution is -2.41. The smallest absolute Gasteiger partial charge is 0.176 e. The van der Waals surface area contributed by atoms with Crippen LogP contribution in [0.2, 0.25) is 0 Å². The first kappa shape index (κ1) is 39.5. The van der Waals surface area contributed by atoms with E-state index in [2.05, 4.69) is 81.8 Å². The third kappa shape index (κ3) is 17.0. The maximum atomic E-state index is 12.8. The number of nitrogens with zero attached hydrogens (tertiary/aromatic N) is 1. The number of hydrogen-bond donors (Lipinski definition) is 6. The van der Waals surface area contributed by atoms with Crippen LogP contribution in [-0.2, 0) is 12.8 Å². The predicted molar refractivity (Wildman–Crippen MR) is 206 cm³/mol. The van der Waals surface area contributed by atoms with Crippen LogP contribution >= 0.6 is 36.7 Å². The van der Waals surface area contributed by atoms with Gasteiger partial charge >= 0.3 is 0 Å². The summed E-state index contributed by atoms with van der Waals surface area (Å²) < 4.78 is 0. The van der Waals surface area contributed by atoms with Crippen molar-refractivity contribution in [2.45, 2.75) is 40.5 Å². The maximum Gasteiger partial charge on any atom is 0.176 e. The Morgan fingerprint density at radius 1 is 0.778 bits per heavy atom. The van der Waals surface area contributed by atoms with Gasteiger partial charge in [0.2, 0.25) is 0 Å². The van der Waals surface area contributed by atoms with E-state index < -0.39 is 0 Å². The fourth-order valence-electron chi connectivity index (χ4n) is 3.95. The molecule has 0 amide bonds. The molecule has 0 atom stereocenters. The van der Waals surface area contributed by atoms with E-state index in [1.807, 2.05) is 45.2 Å². The van der Waals surface area contributed by atoms with Crippen molar-refractivity contribution >= 4 is 75.2 Å². The third-order valence-electron chi connectivity index (χ3n) is 6.44. The molecule has 3 aromatic rings. The number of aryl methyl sites for hydroxylation is 2. The van der Waals surface area contributed by atoms with Gasteiger partial charge in [0.25, 0.3) is 0 Å². The van der Waals surface area contributed by atoms with Gasteiger partial charge in [0.15, 0.2) is 16.0 Å². The minimum absolute atomic E-state index is 0.0553. The van der Waals surface area contributed by atoms with E-state index in [0.717, 1.165) is 43.0 Å². The summed E-state index contributed by atoms with van der Waals surface area (Å²) in [4.78, 5) is 14.9. The first-order chi connectivity index (χ1) is 21.8. The molecule has 8 nitrogen and oxygen atoms in total. The molecular weight excluding hydrogens is 619 g/mol. The average molecular weight is 668 g/mol. The molecule has 0 aliphatic rings. The molecule has 244 valence electrons. The maximum absolute atomic E-state index is 12.8. The lowest BCUT2D eigenvalue weighted by molar-refractivity contribution is 0.0933. The van der Waals surface area contributed by atoms with Crippen LogP contribution in [0.5, 0.6) is 0 Å². The second-order valence-corrected chi connectivity index (χ2v) is 10.7. The highest BCUT2D eigenvalue weighted by Gasteiger charge is 2.13. The molecule has 0 fully saturated rings. The number of hydrogen-bond acceptors (Lipinski definition) is 6. The van der Waals surface area contributed by atoms with Gasteiger partial charge in [0.1, 0.15) is 0 Å². The number of likely N-dealkylation sites (N-methyl/N-ethyl adjacent to an activating group) is 1. The van der Waals surface area contributed by atoms with Crippen molar-refractivity contribution in [2.24, 2.45) is 5.73 Å². The summed E-state index contributed by atoms with van der Waals surface area (Å²) in [7, 11) is 1.90. The van der Waals surface area contributed by atoms with Crippen molar-refractivity contribution in [2.75, 3.05) is 55.7 Å². The minimum Gasteiger partial charge on any atom is -0.376 e. The number of nitrogens with one attached hydrogen (secondary N) is 5. The molecule has 0 aliphatic heterocycles. The quantitative estimate of drug-likeness (QED) is 0.0820. The molecule has 0 heterocycles. The molecular formula is C34H49N7OS3. The Balaban J connectivity index is 0.000000649. The van der Waals surface area contributed by atoms with Crippen molar-refractivity contribution < 1.29 is 4.79 Å². The molecule has 3 rings (SSSR count). The molecule has 0 aromatic heterocycles. The van der Waals surface area contributed by atoms with Gasteiger partial charge in [-0.25, -0.2) is 0 Å². The Hall–Kier alpha value is -3.48. The molecule has 0 spiro atoms. The highest BCUT2D eigenvalue weighted by atomic mass is 32.1. The molecule has 0 saturated heterocycles. The van der Waals surface area contributed by atoms with Gasteiger partial charge in [-0.2, -0.15) is 0 Å². The lowest BCUT2D eigenvalue weighted by atomic mass is 10.1. The largest absolute Gasteiger partial charge is 0.376 e. The second kappa shape index (κ2) is 23.8. The van der Waals surface area contributed by atoms with Crippen molar-refractivity contribution in [3.8, 4) is 0 Å². The Morgan fingerprint density at radius 3 is 1.76 bits per heavy atom. The van der Waals surface area contributed by atoms with Gasteiger partial charge < -0.3 is 32.3 Å². The fourth-order valence-corrected chi connectivity index (χ4v) is 4.42. The molecule has 0 unspecified atom stereocenters. The highest BCUT2D eigenvalue weighted by molar-refractivity contribution is 7.80. The fraction of sp³-hybridized carbons (Fsp3) is 0.353. The Labute approximate surface area is 285 Å². The van der Waals surface area contributed by atoms with Gasteiger partial charge in [-0.1, -0.05) is 64.2 Å². The van der Waals surface area contributed by atoms with Crippen LogP contribution in [0.3, 0.4) is 0 Å². The average Bonchev–Trinajstić information content (AvgIpc) is 3.05. The van der Waals surface area contributed by atoms with Gasteiger partial charge in [0, 0.05) is 48.8 Å². The zero-order chi connectivity index (χ0) is 33.5. The summed E-state index contributed by atoms with van der Waals surface area (Å²) in [5.41, 5.74) is 13.0. The monoisotopic (exact) mass is 667 g/mol. The number of ketones is 1. The molecule has 45 heavy (non-hydrogen) atoms. The summed E-state index contributed by atoms with van der Waals surface area (Å²) in [6, 6.07) is 23.6. The van der Waals surface area contributed by atoms with E-state index in [0.29, 0.717) is 30.3 Å². The van der Waals surface area contributed by atoms with Gasteiger partial charge in [-0.3, -0.25) is 9.69 Å². The minimum atomic E-state index is 0.0553. The molecule has 11 heteroatoms. The van der Waals surface area contributed by atoms with Crippen LogP contribution in [0, 0.1) is 0 Å². The topological polar surface area (TPSA) is 106 Å². The van der Waals surface area contributed by atoms with Crippen LogP contribution in [0.4, 0.5) is 17.1 Å². The van der Waals surface area contributed by atoms with Crippen molar-refractivity contribution in [3.63, 3.8) is 0 Å². The number of carbonyl (C=O) groups excluding carboxylic acids is 1. The number of nitrogens with two attached hydrogens (primary N) is 1. The van der Waals surface area contributed by atoms with Gasteiger partial charge in [-0.15, -0.1) is 0 Å². The number of thiocarbonyl (C=S) groups is 3. The second-order valence-electron chi connectivity index (χ2n) is 9.61. The molecule has 0 bridgehead atoms. The summed E-state index contributed by atoms with van der Waals surface area (Å²) in [5, 5.41) is 16.1. The van der Waals surface area contributed by atoms with Crippen LogP contribution in [0.25, 0.3) is 0 Å². The van der Waals surface area contributed by atoms with Crippen molar-refractivity contribution in [3.05, 3.63) is 89.5 Å². The number of rotatable bonds is 15. The number of anilines is 3. The van der Waals surface area contributed by atoms with Crippen LogP contribution in [-0.4, -0.2) is 66.2 Å². The first-order valence-electron chi connectivity index (χ1n) is 15.3. The highest BCUT2D eigenvalue weighted by Crippen LogP contribution is 2.12. The molecule has 0 radical (unpaired) electrons. The van der Waals surface area contributed by atoms with Gasteiger partial charge in [0.05, 0.1) is 12.0 Å². The standard InChI is InChI=1S/C23H32N6OS2.C9H11NS.C2H6/c1-3-17-4-8-20(9-5-17)28-23(32)26-13-15-29(14-12-25-2)16-21(30)18-6-10-19(11-7-18)27-22(24)31;1-2-8-3-5-9(6-4-8)10-7-11;1-2/h4-11,25H,3,12-16H2,1-2H3,(H3,24,27,31)(H2,26,28,32);3-7H,2H2,1H3,(H,10,11);1-2H3. The summed E-state index contributed by atoms with van der Waals surface area (Å²) in [5.74, 6) is 0.0553. The van der Waals surface area contributed by atoms with E-state index in [-0.39, 0.29) is 10.9 Å². The summed E-state index contributed by atoms with van der Waals surface area (Å²) >= 11 is 14.9. The Kier molecular flexibility index (Phi) is 21.0. The Bertz CT molecular complexity index is 1280. The van der Waals surface area contributed by atoms with Crippen molar-refractivity contribution in [1.82, 2.24) is 15.5 Å². The summed E-state index contributed by atoms with van der Waals surface area (Å²) in [6.07, 6.45) is 2.09. The van der Waals surface area contributed by atoms with Crippen LogP contribution in [0.1, 0.15) is 49.2 Å². The number of Topliss-reactive ketones (excluding diaryl/α,β-unsaturated/α-hetero) is 1. The molecule has 3 aromatic carbocycles. The first-order valence-corrected chi connectivity index (χ1v) is 16.6. The predicted octanol–water partition coefficient (Wildman–Crippen LogP) is 6.24. The van der Waals surface area contributed by atoms with E-state index in [1.54, 1.807) is 24.3 Å². The number of carbonyl (C=O) groups is 1. The van der Waals surface area contributed by atoms with Crippen LogP contribution < -0.4 is 32.3 Å². The normalized spacial score (nSPS) is 9.91. The summed E-state index contributed by atoms with van der Waals surface area (Å²) in [6.45, 7) is 11.5.